The average Bonchev–Trinajstić information content (AvgIpc) is 2.36. The van der Waals surface area contributed by atoms with Gasteiger partial charge in [-0.1, -0.05) is 0 Å². The van der Waals surface area contributed by atoms with Crippen LogP contribution in [0.3, 0.4) is 0 Å². The van der Waals surface area contributed by atoms with E-state index in [1.165, 1.54) is 18.3 Å². The molecule has 7 heteroatoms. The van der Waals surface area contributed by atoms with Crippen LogP contribution in [0, 0.1) is 10.1 Å². The molecule has 0 fully saturated rings. The van der Waals surface area contributed by atoms with Crippen LogP contribution in [0.25, 0.3) is 0 Å². The van der Waals surface area contributed by atoms with Crippen molar-refractivity contribution in [2.24, 2.45) is 0 Å². The fourth-order valence-corrected chi connectivity index (χ4v) is 1.53. The number of rotatable bonds is 6. The van der Waals surface area contributed by atoms with Crippen LogP contribution in [-0.2, 0) is 9.53 Å². The van der Waals surface area contributed by atoms with Crippen molar-refractivity contribution < 1.29 is 14.5 Å². The van der Waals surface area contributed by atoms with Crippen molar-refractivity contribution in [3.05, 3.63) is 28.4 Å². The van der Waals surface area contributed by atoms with E-state index in [9.17, 15) is 14.9 Å². The van der Waals surface area contributed by atoms with E-state index < -0.39 is 4.92 Å². The maximum atomic E-state index is 11.5. The molecule has 0 bridgehead atoms. The molecule has 0 radical (unpaired) electrons. The smallest absolute Gasteiger partial charge is 0.325 e. The van der Waals surface area contributed by atoms with Crippen LogP contribution in [0.1, 0.15) is 20.8 Å². The Bertz CT molecular complexity index is 445. The van der Waals surface area contributed by atoms with Gasteiger partial charge < -0.3 is 9.64 Å². The van der Waals surface area contributed by atoms with Crippen LogP contribution in [0.5, 0.6) is 0 Å². The Labute approximate surface area is 111 Å². The second-order valence-electron chi connectivity index (χ2n) is 4.16. The third-order valence-electron chi connectivity index (χ3n) is 2.47. The van der Waals surface area contributed by atoms with Gasteiger partial charge in [-0.2, -0.15) is 0 Å². The minimum absolute atomic E-state index is 0.0263. The summed E-state index contributed by atoms with van der Waals surface area (Å²) in [6.07, 6.45) is 1.18. The summed E-state index contributed by atoms with van der Waals surface area (Å²) in [7, 11) is 0. The number of hydrogen-bond acceptors (Lipinski definition) is 6. The number of carbonyl (C=O) groups excluding carboxylic acids is 1. The Morgan fingerprint density at radius 3 is 2.63 bits per heavy atom. The highest BCUT2D eigenvalue weighted by Gasteiger charge is 2.17. The molecule has 0 amide bonds. The van der Waals surface area contributed by atoms with Gasteiger partial charge in [-0.15, -0.1) is 0 Å². The number of aromatic nitrogens is 1. The molecule has 0 aliphatic heterocycles. The van der Waals surface area contributed by atoms with Crippen LogP contribution in [0.2, 0.25) is 0 Å². The van der Waals surface area contributed by atoms with E-state index in [1.807, 2.05) is 13.8 Å². The van der Waals surface area contributed by atoms with Gasteiger partial charge in [0.25, 0.3) is 5.69 Å². The normalized spacial score (nSPS) is 10.3. The van der Waals surface area contributed by atoms with E-state index in [-0.39, 0.29) is 24.2 Å². The monoisotopic (exact) mass is 267 g/mol. The number of carbonyl (C=O) groups is 1. The SMILES string of the molecule is CCOC(=O)CN(c1ccc([N+](=O)[O-])cn1)C(C)C. The molecule has 0 aliphatic carbocycles. The van der Waals surface area contributed by atoms with Crippen molar-refractivity contribution in [1.82, 2.24) is 4.98 Å². The van der Waals surface area contributed by atoms with Crippen molar-refractivity contribution in [1.29, 1.82) is 0 Å². The molecule has 1 rings (SSSR count). The van der Waals surface area contributed by atoms with Gasteiger partial charge in [-0.3, -0.25) is 14.9 Å². The standard InChI is InChI=1S/C12H17N3O4/c1-4-19-12(16)8-14(9(2)3)11-6-5-10(7-13-11)15(17)18/h5-7,9H,4,8H2,1-3H3. The van der Waals surface area contributed by atoms with Crippen molar-refractivity contribution in [3.63, 3.8) is 0 Å². The summed E-state index contributed by atoms with van der Waals surface area (Å²) >= 11 is 0. The van der Waals surface area contributed by atoms with E-state index in [1.54, 1.807) is 11.8 Å². The number of pyridine rings is 1. The Morgan fingerprint density at radius 1 is 1.53 bits per heavy atom. The predicted molar refractivity (Wildman–Crippen MR) is 70.0 cm³/mol. The number of hydrogen-bond donors (Lipinski definition) is 0. The van der Waals surface area contributed by atoms with Crippen LogP contribution in [0.15, 0.2) is 18.3 Å². The first-order valence-corrected chi connectivity index (χ1v) is 5.98. The van der Waals surface area contributed by atoms with Crippen molar-refractivity contribution in [2.75, 3.05) is 18.1 Å². The average molecular weight is 267 g/mol. The van der Waals surface area contributed by atoms with Gasteiger partial charge in [0.1, 0.15) is 18.6 Å². The Morgan fingerprint density at radius 2 is 2.21 bits per heavy atom. The minimum atomic E-state index is -0.512. The van der Waals surface area contributed by atoms with Crippen molar-refractivity contribution in [3.8, 4) is 0 Å². The highest BCUT2D eigenvalue weighted by atomic mass is 16.6. The van der Waals surface area contributed by atoms with Crippen LogP contribution < -0.4 is 4.90 Å². The number of nitrogens with zero attached hydrogens (tertiary/aromatic N) is 3. The lowest BCUT2D eigenvalue weighted by Crippen LogP contribution is -2.37. The minimum Gasteiger partial charge on any atom is -0.465 e. The largest absolute Gasteiger partial charge is 0.465 e. The van der Waals surface area contributed by atoms with E-state index in [2.05, 4.69) is 4.98 Å². The zero-order valence-corrected chi connectivity index (χ0v) is 11.2. The molecule has 19 heavy (non-hydrogen) atoms. The van der Waals surface area contributed by atoms with Crippen molar-refractivity contribution in [2.45, 2.75) is 26.8 Å². The topological polar surface area (TPSA) is 85.6 Å². The van der Waals surface area contributed by atoms with Gasteiger partial charge in [0, 0.05) is 12.1 Å². The van der Waals surface area contributed by atoms with Gasteiger partial charge in [-0.05, 0) is 26.8 Å². The highest BCUT2D eigenvalue weighted by Crippen LogP contribution is 2.17. The Balaban J connectivity index is 2.87. The van der Waals surface area contributed by atoms with E-state index in [4.69, 9.17) is 4.74 Å². The van der Waals surface area contributed by atoms with Crippen molar-refractivity contribution >= 4 is 17.5 Å². The lowest BCUT2D eigenvalue weighted by Gasteiger charge is -2.26. The fourth-order valence-electron chi connectivity index (χ4n) is 1.53. The number of anilines is 1. The van der Waals surface area contributed by atoms with Crippen LogP contribution in [0.4, 0.5) is 11.5 Å². The molecule has 0 saturated heterocycles. The first-order valence-electron chi connectivity index (χ1n) is 5.98. The molecule has 1 heterocycles. The fraction of sp³-hybridized carbons (Fsp3) is 0.500. The second kappa shape index (κ2) is 6.67. The number of nitro groups is 1. The molecule has 0 saturated carbocycles. The molecule has 7 nitrogen and oxygen atoms in total. The molecule has 0 aliphatic rings. The summed E-state index contributed by atoms with van der Waals surface area (Å²) in [5.74, 6) is 0.157. The Kier molecular flexibility index (Phi) is 5.23. The van der Waals surface area contributed by atoms with E-state index in [0.29, 0.717) is 12.4 Å². The third-order valence-corrected chi connectivity index (χ3v) is 2.47. The molecular formula is C12H17N3O4. The highest BCUT2D eigenvalue weighted by molar-refractivity contribution is 5.75. The molecule has 1 aromatic rings. The van der Waals surface area contributed by atoms with Gasteiger partial charge >= 0.3 is 5.97 Å². The van der Waals surface area contributed by atoms with Gasteiger partial charge in [0.05, 0.1) is 11.5 Å². The molecule has 0 spiro atoms. The molecule has 0 atom stereocenters. The predicted octanol–water partition coefficient (Wildman–Crippen LogP) is 1.77. The Hall–Kier alpha value is -2.18. The van der Waals surface area contributed by atoms with Gasteiger partial charge in [0.15, 0.2) is 0 Å². The molecule has 104 valence electrons. The third kappa shape index (κ3) is 4.20. The number of ether oxygens (including phenoxy) is 1. The first-order chi connectivity index (χ1) is 8.95. The zero-order chi connectivity index (χ0) is 14.4. The van der Waals surface area contributed by atoms with Gasteiger partial charge in [0.2, 0.25) is 0 Å². The maximum Gasteiger partial charge on any atom is 0.325 e. The lowest BCUT2D eigenvalue weighted by molar-refractivity contribution is -0.385. The lowest BCUT2D eigenvalue weighted by atomic mass is 10.3. The summed E-state index contributed by atoms with van der Waals surface area (Å²) in [6, 6.07) is 2.92. The summed E-state index contributed by atoms with van der Waals surface area (Å²) in [6.45, 7) is 5.93. The second-order valence-corrected chi connectivity index (χ2v) is 4.16. The van der Waals surface area contributed by atoms with Crippen LogP contribution >= 0.6 is 0 Å². The van der Waals surface area contributed by atoms with Crippen LogP contribution in [-0.4, -0.2) is 35.1 Å². The molecule has 0 unspecified atom stereocenters. The quantitative estimate of drug-likeness (QED) is 0.443. The summed E-state index contributed by atoms with van der Waals surface area (Å²) in [5.41, 5.74) is -0.0800. The van der Waals surface area contributed by atoms with Gasteiger partial charge in [-0.25, -0.2) is 4.98 Å². The molecule has 0 N–H and O–H groups in total. The summed E-state index contributed by atoms with van der Waals surface area (Å²) < 4.78 is 4.89. The van der Waals surface area contributed by atoms with E-state index >= 15 is 0 Å². The first kappa shape index (κ1) is 14.9. The molecule has 1 aromatic heterocycles. The summed E-state index contributed by atoms with van der Waals surface area (Å²) in [5, 5.41) is 10.6. The maximum absolute atomic E-state index is 11.5. The molecule has 0 aromatic carbocycles. The summed E-state index contributed by atoms with van der Waals surface area (Å²) in [4.78, 5) is 27.3. The zero-order valence-electron chi connectivity index (χ0n) is 11.2. The van der Waals surface area contributed by atoms with E-state index in [0.717, 1.165) is 0 Å². The molecular weight excluding hydrogens is 250 g/mol. The number of esters is 1.